The molecule has 0 bridgehead atoms. The van der Waals surface area contributed by atoms with Gasteiger partial charge < -0.3 is 10.1 Å². The zero-order valence-electron chi connectivity index (χ0n) is 17.0. The highest BCUT2D eigenvalue weighted by Gasteiger charge is 2.35. The second kappa shape index (κ2) is 9.01. The van der Waals surface area contributed by atoms with E-state index in [1.807, 2.05) is 18.2 Å². The summed E-state index contributed by atoms with van der Waals surface area (Å²) in [6.07, 6.45) is 7.03. The first kappa shape index (κ1) is 20.6. The van der Waals surface area contributed by atoms with Gasteiger partial charge in [0, 0.05) is 20.1 Å². The lowest BCUT2D eigenvalue weighted by atomic mass is 9.71. The number of hydrogen-bond acceptors (Lipinski definition) is 7. The Labute approximate surface area is 178 Å². The minimum Gasteiger partial charge on any atom is -0.377 e. The van der Waals surface area contributed by atoms with Crippen molar-refractivity contribution in [2.24, 2.45) is 5.41 Å². The van der Waals surface area contributed by atoms with E-state index in [0.29, 0.717) is 40.6 Å². The third-order valence-corrected chi connectivity index (χ3v) is 6.48. The number of nitrogens with zero attached hydrogens (tertiary/aromatic N) is 4. The van der Waals surface area contributed by atoms with Crippen molar-refractivity contribution in [2.45, 2.75) is 51.7 Å². The van der Waals surface area contributed by atoms with Crippen LogP contribution in [-0.4, -0.2) is 32.8 Å². The molecule has 1 aliphatic carbocycles. The Morgan fingerprint density at radius 3 is 2.83 bits per heavy atom. The van der Waals surface area contributed by atoms with Gasteiger partial charge in [-0.2, -0.15) is 0 Å². The Balaban J connectivity index is 1.53. The second-order valence-corrected chi connectivity index (χ2v) is 8.98. The summed E-state index contributed by atoms with van der Waals surface area (Å²) in [5.74, 6) is -0.0983. The first-order valence-electron chi connectivity index (χ1n) is 10.1. The van der Waals surface area contributed by atoms with Crippen LogP contribution in [0, 0.1) is 5.41 Å². The Morgan fingerprint density at radius 1 is 1.23 bits per heavy atom. The summed E-state index contributed by atoms with van der Waals surface area (Å²) < 4.78 is 6.72. The minimum atomic E-state index is -0.268. The minimum absolute atomic E-state index is 0.0562. The zero-order chi connectivity index (χ0) is 21.0. The molecule has 0 spiro atoms. The summed E-state index contributed by atoms with van der Waals surface area (Å²) in [6.45, 7) is 0.859. The number of nitrogens with one attached hydrogen (secondary N) is 1. The molecule has 1 fully saturated rings. The normalized spacial score (nSPS) is 15.9. The van der Waals surface area contributed by atoms with E-state index >= 15 is 0 Å². The van der Waals surface area contributed by atoms with Gasteiger partial charge in [-0.25, -0.2) is 4.98 Å². The fourth-order valence-electron chi connectivity index (χ4n) is 4.26. The van der Waals surface area contributed by atoms with Crippen LogP contribution in [0.25, 0.3) is 10.9 Å². The Hall–Kier alpha value is -2.65. The van der Waals surface area contributed by atoms with Crippen molar-refractivity contribution in [2.75, 3.05) is 12.4 Å². The van der Waals surface area contributed by atoms with Crippen molar-refractivity contribution in [3.05, 3.63) is 46.0 Å². The summed E-state index contributed by atoms with van der Waals surface area (Å²) in [7, 11) is 1.59. The van der Waals surface area contributed by atoms with Crippen LogP contribution >= 0.6 is 11.3 Å². The van der Waals surface area contributed by atoms with Gasteiger partial charge in [0.1, 0.15) is 11.6 Å². The van der Waals surface area contributed by atoms with Gasteiger partial charge >= 0.3 is 0 Å². The van der Waals surface area contributed by atoms with Crippen molar-refractivity contribution in [1.29, 1.82) is 0 Å². The topological polar surface area (TPSA) is 99.0 Å². The van der Waals surface area contributed by atoms with Gasteiger partial charge in [-0.15, -0.1) is 10.2 Å². The average Bonchev–Trinajstić information content (AvgIpc) is 3.18. The van der Waals surface area contributed by atoms with Gasteiger partial charge in [-0.1, -0.05) is 42.7 Å². The van der Waals surface area contributed by atoms with Crippen molar-refractivity contribution >= 4 is 33.3 Å². The van der Waals surface area contributed by atoms with Crippen LogP contribution in [0.3, 0.4) is 0 Å². The molecule has 1 saturated carbocycles. The number of methoxy groups -OCH3 is 1. The number of benzene rings is 1. The molecule has 0 saturated heterocycles. The highest BCUT2D eigenvalue weighted by Crippen LogP contribution is 2.41. The van der Waals surface area contributed by atoms with E-state index in [0.717, 1.165) is 32.1 Å². The monoisotopic (exact) mass is 427 g/mol. The molecule has 0 unspecified atom stereocenters. The third kappa shape index (κ3) is 4.57. The van der Waals surface area contributed by atoms with Crippen LogP contribution in [0.2, 0.25) is 0 Å². The average molecular weight is 428 g/mol. The van der Waals surface area contributed by atoms with E-state index in [2.05, 4.69) is 20.5 Å². The molecule has 158 valence electrons. The van der Waals surface area contributed by atoms with Crippen molar-refractivity contribution in [3.63, 3.8) is 0 Å². The van der Waals surface area contributed by atoms with Crippen LogP contribution in [0.15, 0.2) is 35.4 Å². The van der Waals surface area contributed by atoms with Crippen LogP contribution in [0.1, 0.15) is 43.5 Å². The number of fused-ring (bicyclic) bond motifs is 1. The lowest BCUT2D eigenvalue weighted by Gasteiger charge is -2.37. The zero-order valence-corrected chi connectivity index (χ0v) is 17.8. The number of ether oxygens (including phenoxy) is 1. The molecule has 1 aliphatic rings. The SMILES string of the molecule is COCc1nnc(NC(=O)CC2(Cn3cnc4ccccc4c3=O)CCCCC2)s1. The van der Waals surface area contributed by atoms with Gasteiger partial charge in [0.05, 0.1) is 17.2 Å². The van der Waals surface area contributed by atoms with Crippen molar-refractivity contribution in [1.82, 2.24) is 19.7 Å². The number of anilines is 1. The number of hydrogen-bond donors (Lipinski definition) is 1. The number of aromatic nitrogens is 4. The number of amides is 1. The summed E-state index contributed by atoms with van der Waals surface area (Å²) in [6, 6.07) is 7.36. The summed E-state index contributed by atoms with van der Waals surface area (Å²) in [5, 5.41) is 12.7. The molecule has 8 nitrogen and oxygen atoms in total. The van der Waals surface area contributed by atoms with E-state index in [-0.39, 0.29) is 16.9 Å². The predicted molar refractivity (Wildman–Crippen MR) is 115 cm³/mol. The molecule has 2 aromatic heterocycles. The first-order chi connectivity index (χ1) is 14.6. The number of carbonyl (C=O) groups excluding carboxylic acids is 1. The van der Waals surface area contributed by atoms with E-state index < -0.39 is 0 Å². The van der Waals surface area contributed by atoms with Crippen LogP contribution in [-0.2, 0) is 22.7 Å². The summed E-state index contributed by atoms with van der Waals surface area (Å²) in [4.78, 5) is 30.3. The molecule has 1 aromatic carbocycles. The predicted octanol–water partition coefficient (Wildman–Crippen LogP) is 3.37. The van der Waals surface area contributed by atoms with E-state index in [1.165, 1.54) is 11.3 Å². The molecule has 3 aromatic rings. The summed E-state index contributed by atoms with van der Waals surface area (Å²) >= 11 is 1.31. The smallest absolute Gasteiger partial charge is 0.261 e. The van der Waals surface area contributed by atoms with Crippen LogP contribution in [0.5, 0.6) is 0 Å². The molecule has 1 amide bonds. The molecule has 30 heavy (non-hydrogen) atoms. The standard InChI is InChI=1S/C21H25N5O3S/c1-29-12-18-24-25-20(30-18)23-17(27)11-21(9-5-2-6-10-21)13-26-14-22-16-8-4-3-7-15(16)19(26)28/h3-4,7-8,14H,2,5-6,9-13H2,1H3,(H,23,25,27). The number of para-hydroxylation sites is 1. The molecule has 2 heterocycles. The lowest BCUT2D eigenvalue weighted by molar-refractivity contribution is -0.119. The maximum Gasteiger partial charge on any atom is 0.261 e. The Bertz CT molecular complexity index is 1090. The van der Waals surface area contributed by atoms with Gasteiger partial charge in [-0.3, -0.25) is 14.2 Å². The highest BCUT2D eigenvalue weighted by molar-refractivity contribution is 7.15. The third-order valence-electron chi connectivity index (χ3n) is 5.67. The Morgan fingerprint density at radius 2 is 2.03 bits per heavy atom. The lowest BCUT2D eigenvalue weighted by Crippen LogP contribution is -2.37. The molecule has 0 atom stereocenters. The van der Waals surface area contributed by atoms with E-state index in [1.54, 1.807) is 24.1 Å². The van der Waals surface area contributed by atoms with Gasteiger partial charge in [0.15, 0.2) is 0 Å². The fraction of sp³-hybridized carbons (Fsp3) is 0.476. The van der Waals surface area contributed by atoms with Gasteiger partial charge in [0.25, 0.3) is 5.56 Å². The molecule has 1 N–H and O–H groups in total. The quantitative estimate of drug-likeness (QED) is 0.621. The molecular formula is C21H25N5O3S. The highest BCUT2D eigenvalue weighted by atomic mass is 32.1. The number of carbonyl (C=O) groups is 1. The molecule has 4 rings (SSSR count). The Kier molecular flexibility index (Phi) is 6.19. The second-order valence-electron chi connectivity index (χ2n) is 7.91. The van der Waals surface area contributed by atoms with Gasteiger partial charge in [-0.05, 0) is 30.4 Å². The molecule has 0 aliphatic heterocycles. The number of rotatable bonds is 7. The maximum atomic E-state index is 13.0. The fourth-order valence-corrected chi connectivity index (χ4v) is 4.99. The maximum absolute atomic E-state index is 13.0. The van der Waals surface area contributed by atoms with Crippen molar-refractivity contribution in [3.8, 4) is 0 Å². The molecule has 9 heteroatoms. The molecular weight excluding hydrogens is 402 g/mol. The largest absolute Gasteiger partial charge is 0.377 e. The van der Waals surface area contributed by atoms with E-state index in [9.17, 15) is 9.59 Å². The summed E-state index contributed by atoms with van der Waals surface area (Å²) in [5.41, 5.74) is 0.368. The van der Waals surface area contributed by atoms with Gasteiger partial charge in [0.2, 0.25) is 11.0 Å². The van der Waals surface area contributed by atoms with Crippen molar-refractivity contribution < 1.29 is 9.53 Å². The van der Waals surface area contributed by atoms with Crippen LogP contribution in [0.4, 0.5) is 5.13 Å². The first-order valence-corrected chi connectivity index (χ1v) is 11.0. The van der Waals surface area contributed by atoms with E-state index in [4.69, 9.17) is 4.74 Å². The van der Waals surface area contributed by atoms with Crippen LogP contribution < -0.4 is 10.9 Å². The molecule has 0 radical (unpaired) electrons.